The van der Waals surface area contributed by atoms with Crippen LogP contribution >= 0.6 is 0 Å². The number of nitro groups is 1. The lowest BCUT2D eigenvalue weighted by Crippen LogP contribution is -2.21. The van der Waals surface area contributed by atoms with E-state index in [1.807, 2.05) is 0 Å². The van der Waals surface area contributed by atoms with Gasteiger partial charge < -0.3 is 14.8 Å². The number of hydrazone groups is 1. The Morgan fingerprint density at radius 3 is 2.48 bits per heavy atom. The summed E-state index contributed by atoms with van der Waals surface area (Å²) in [4.78, 5) is 34.3. The minimum atomic E-state index is -0.551. The van der Waals surface area contributed by atoms with E-state index in [9.17, 15) is 19.7 Å². The van der Waals surface area contributed by atoms with Crippen LogP contribution in [-0.4, -0.2) is 35.7 Å². The Morgan fingerprint density at radius 1 is 1.10 bits per heavy atom. The molecule has 0 radical (unpaired) electrons. The van der Waals surface area contributed by atoms with Gasteiger partial charge in [-0.25, -0.2) is 5.43 Å². The molecule has 2 aromatic carbocycles. The number of nitro benzene ring substituents is 1. The third-order valence-corrected chi connectivity index (χ3v) is 3.93. The van der Waals surface area contributed by atoms with Gasteiger partial charge in [-0.3, -0.25) is 19.7 Å². The van der Waals surface area contributed by atoms with E-state index in [-0.39, 0.29) is 23.6 Å². The number of non-ortho nitro benzene ring substituents is 1. The molecule has 0 spiro atoms. The highest BCUT2D eigenvalue weighted by molar-refractivity contribution is 6.06. The number of rotatable bonds is 6. The summed E-state index contributed by atoms with van der Waals surface area (Å²) in [6.45, 7) is 2.53. The summed E-state index contributed by atoms with van der Waals surface area (Å²) in [5.41, 5.74) is 3.36. The molecule has 10 heteroatoms. The van der Waals surface area contributed by atoms with Crippen LogP contribution in [0.3, 0.4) is 0 Å². The van der Waals surface area contributed by atoms with E-state index in [0.29, 0.717) is 36.1 Å². The van der Waals surface area contributed by atoms with E-state index in [0.717, 1.165) is 0 Å². The molecule has 0 atom stereocenters. The third kappa shape index (κ3) is 5.28. The molecule has 2 aromatic rings. The van der Waals surface area contributed by atoms with Gasteiger partial charge in [-0.15, -0.1) is 0 Å². The number of fused-ring (bicyclic) bond motifs is 1. The first-order valence-electron chi connectivity index (χ1n) is 8.70. The predicted octanol–water partition coefficient (Wildman–Crippen LogP) is 2.50. The van der Waals surface area contributed by atoms with Gasteiger partial charge in [0.05, 0.1) is 11.3 Å². The molecule has 1 aliphatic rings. The van der Waals surface area contributed by atoms with E-state index in [4.69, 9.17) is 9.47 Å². The first-order chi connectivity index (χ1) is 13.9. The Labute approximate surface area is 165 Å². The van der Waals surface area contributed by atoms with Gasteiger partial charge in [0.25, 0.3) is 11.6 Å². The van der Waals surface area contributed by atoms with Crippen LogP contribution in [0, 0.1) is 10.1 Å². The zero-order chi connectivity index (χ0) is 20.8. The van der Waals surface area contributed by atoms with Crippen molar-refractivity contribution in [1.82, 2.24) is 5.43 Å². The van der Waals surface area contributed by atoms with Gasteiger partial charge in [-0.1, -0.05) is 0 Å². The largest absolute Gasteiger partial charge is 0.486 e. The summed E-state index contributed by atoms with van der Waals surface area (Å²) < 4.78 is 10.9. The molecule has 0 unspecified atom stereocenters. The van der Waals surface area contributed by atoms with Gasteiger partial charge in [0.2, 0.25) is 5.91 Å². The van der Waals surface area contributed by atoms with E-state index >= 15 is 0 Å². The Bertz CT molecular complexity index is 971. The number of nitrogens with one attached hydrogen (secondary N) is 2. The molecule has 2 N–H and O–H groups in total. The van der Waals surface area contributed by atoms with Crippen LogP contribution in [0.15, 0.2) is 47.6 Å². The van der Waals surface area contributed by atoms with Crippen molar-refractivity contribution < 1.29 is 24.0 Å². The normalized spacial score (nSPS) is 12.8. The van der Waals surface area contributed by atoms with Gasteiger partial charge in [0.15, 0.2) is 11.5 Å². The molecule has 10 nitrogen and oxygen atoms in total. The molecule has 1 aliphatic heterocycles. The van der Waals surface area contributed by atoms with E-state index in [1.54, 1.807) is 25.1 Å². The molecule has 150 valence electrons. The highest BCUT2D eigenvalue weighted by Crippen LogP contribution is 2.32. The van der Waals surface area contributed by atoms with Crippen molar-refractivity contribution in [1.29, 1.82) is 0 Å². The number of hydrogen-bond donors (Lipinski definition) is 2. The van der Waals surface area contributed by atoms with Gasteiger partial charge >= 0.3 is 0 Å². The second-order valence-electron chi connectivity index (χ2n) is 6.18. The molecular formula is C19H18N4O6. The Morgan fingerprint density at radius 2 is 1.79 bits per heavy atom. The number of hydrogen-bond acceptors (Lipinski definition) is 7. The van der Waals surface area contributed by atoms with Crippen LogP contribution in [0.1, 0.15) is 23.7 Å². The topological polar surface area (TPSA) is 132 Å². The maximum atomic E-state index is 12.2. The molecule has 0 saturated carbocycles. The minimum absolute atomic E-state index is 0.0328. The molecule has 2 amide bonds. The Kier molecular flexibility index (Phi) is 6.03. The number of nitrogens with zero attached hydrogens (tertiary/aromatic N) is 2. The van der Waals surface area contributed by atoms with Crippen LogP contribution in [-0.2, 0) is 4.79 Å². The van der Waals surface area contributed by atoms with Crippen LogP contribution in [0.5, 0.6) is 11.5 Å². The predicted molar refractivity (Wildman–Crippen MR) is 104 cm³/mol. The average molecular weight is 398 g/mol. The summed E-state index contributed by atoms with van der Waals surface area (Å²) >= 11 is 0. The first-order valence-corrected chi connectivity index (χ1v) is 8.70. The second kappa shape index (κ2) is 8.83. The van der Waals surface area contributed by atoms with Crippen LogP contribution in [0.2, 0.25) is 0 Å². The quantitative estimate of drug-likeness (QED) is 0.436. The maximum absolute atomic E-state index is 12.2. The zero-order valence-corrected chi connectivity index (χ0v) is 15.5. The number of carbonyl (C=O) groups is 2. The zero-order valence-electron chi connectivity index (χ0n) is 15.5. The van der Waals surface area contributed by atoms with E-state index < -0.39 is 10.8 Å². The molecule has 0 bridgehead atoms. The molecular weight excluding hydrogens is 380 g/mol. The first kappa shape index (κ1) is 19.8. The molecule has 29 heavy (non-hydrogen) atoms. The third-order valence-electron chi connectivity index (χ3n) is 3.93. The van der Waals surface area contributed by atoms with Gasteiger partial charge in [-0.05, 0) is 31.2 Å². The summed E-state index contributed by atoms with van der Waals surface area (Å²) in [5, 5.41) is 17.2. The Balaban J connectivity index is 1.53. The fraction of sp³-hybridized carbons (Fsp3) is 0.211. The lowest BCUT2D eigenvalue weighted by atomic mass is 10.2. The number of carbonyl (C=O) groups excluding carboxylic acids is 2. The maximum Gasteiger partial charge on any atom is 0.271 e. The fourth-order valence-electron chi connectivity index (χ4n) is 2.54. The number of amides is 2. The van der Waals surface area contributed by atoms with Crippen LogP contribution < -0.4 is 20.2 Å². The van der Waals surface area contributed by atoms with E-state index in [1.165, 1.54) is 24.3 Å². The SMILES string of the molecule is C/C(CC(=O)Nc1ccc2c(c1)OCCO2)=N\NC(=O)c1ccc([N+](=O)[O-])cc1. The standard InChI is InChI=1S/C19H18N4O6/c1-12(21-22-19(25)13-2-5-15(6-3-13)23(26)27)10-18(24)20-14-4-7-16-17(11-14)29-9-8-28-16/h2-7,11H,8-10H2,1H3,(H,20,24)(H,22,25)/b21-12+. The number of ether oxygens (including phenoxy) is 2. The highest BCUT2D eigenvalue weighted by atomic mass is 16.6. The van der Waals surface area contributed by atoms with Gasteiger partial charge in [0.1, 0.15) is 13.2 Å². The van der Waals surface area contributed by atoms with Crippen molar-refractivity contribution in [3.63, 3.8) is 0 Å². The molecule has 3 rings (SSSR count). The average Bonchev–Trinajstić information content (AvgIpc) is 2.72. The van der Waals surface area contributed by atoms with Crippen LogP contribution in [0.4, 0.5) is 11.4 Å². The lowest BCUT2D eigenvalue weighted by Gasteiger charge is -2.19. The molecule has 0 aliphatic carbocycles. The summed E-state index contributed by atoms with van der Waals surface area (Å²) in [7, 11) is 0. The highest BCUT2D eigenvalue weighted by Gasteiger charge is 2.13. The molecule has 0 aromatic heterocycles. The summed E-state index contributed by atoms with van der Waals surface area (Å²) in [5.74, 6) is 0.342. The van der Waals surface area contributed by atoms with Gasteiger partial charge in [-0.2, -0.15) is 5.10 Å². The van der Waals surface area contributed by atoms with Crippen molar-refractivity contribution in [2.45, 2.75) is 13.3 Å². The van der Waals surface area contributed by atoms with Crippen LogP contribution in [0.25, 0.3) is 0 Å². The molecule has 0 fully saturated rings. The number of benzene rings is 2. The van der Waals surface area contributed by atoms with Crippen molar-refractivity contribution in [3.05, 3.63) is 58.1 Å². The van der Waals surface area contributed by atoms with Crippen molar-refractivity contribution in [2.75, 3.05) is 18.5 Å². The fourth-order valence-corrected chi connectivity index (χ4v) is 2.54. The number of anilines is 1. The van der Waals surface area contributed by atoms with E-state index in [2.05, 4.69) is 15.8 Å². The monoisotopic (exact) mass is 398 g/mol. The van der Waals surface area contributed by atoms with Crippen molar-refractivity contribution in [3.8, 4) is 11.5 Å². The molecule has 1 heterocycles. The van der Waals surface area contributed by atoms with Crippen molar-refractivity contribution in [2.24, 2.45) is 5.10 Å². The smallest absolute Gasteiger partial charge is 0.271 e. The summed E-state index contributed by atoms with van der Waals surface area (Å²) in [6.07, 6.45) is -0.0328. The van der Waals surface area contributed by atoms with Gasteiger partial charge in [0, 0.05) is 35.2 Å². The Hall–Kier alpha value is -3.95. The second-order valence-corrected chi connectivity index (χ2v) is 6.18. The lowest BCUT2D eigenvalue weighted by molar-refractivity contribution is -0.384. The van der Waals surface area contributed by atoms with Crippen molar-refractivity contribution >= 4 is 28.9 Å². The summed E-state index contributed by atoms with van der Waals surface area (Å²) in [6, 6.07) is 10.2. The molecule has 0 saturated heterocycles. The minimum Gasteiger partial charge on any atom is -0.486 e.